The number of rotatable bonds is 2. The van der Waals surface area contributed by atoms with E-state index in [1.807, 2.05) is 19.1 Å². The molecule has 32 heavy (non-hydrogen) atoms. The van der Waals surface area contributed by atoms with Crippen molar-refractivity contribution in [3.05, 3.63) is 102 Å². The summed E-state index contributed by atoms with van der Waals surface area (Å²) in [4.78, 5) is 0.387. The monoisotopic (exact) mass is 457 g/mol. The Hall–Kier alpha value is -2.34. The third-order valence-corrected chi connectivity index (χ3v) is 11.7. The number of aryl methyl sites for hydroxylation is 1. The average Bonchev–Trinajstić information content (AvgIpc) is 3.56. The van der Waals surface area contributed by atoms with Gasteiger partial charge in [0, 0.05) is 12.0 Å². The molecule has 5 heteroatoms. The molecule has 0 amide bonds. The van der Waals surface area contributed by atoms with E-state index in [1.165, 1.54) is 22.3 Å². The van der Waals surface area contributed by atoms with E-state index < -0.39 is 10.0 Å². The van der Waals surface area contributed by atoms with Crippen molar-refractivity contribution in [3.63, 3.8) is 0 Å². The highest BCUT2D eigenvalue weighted by Gasteiger charge is 2.68. The van der Waals surface area contributed by atoms with Gasteiger partial charge in [-0.15, -0.1) is 3.71 Å². The van der Waals surface area contributed by atoms with Gasteiger partial charge in [-0.25, -0.2) is 8.42 Å². The highest BCUT2D eigenvalue weighted by molar-refractivity contribution is 8.09. The van der Waals surface area contributed by atoms with Crippen LogP contribution in [0.3, 0.4) is 0 Å². The van der Waals surface area contributed by atoms with Crippen molar-refractivity contribution in [2.45, 2.75) is 29.0 Å². The largest absolute Gasteiger partial charge is 0.252 e. The van der Waals surface area contributed by atoms with E-state index in [0.29, 0.717) is 10.8 Å². The SMILES string of the molecule is Cc1ccc(S(=O)(=O)N2SC3(c4ccccc4-c4ccccc43)C3C4C=CC(C4)C32)cc1. The van der Waals surface area contributed by atoms with E-state index in [-0.39, 0.29) is 22.6 Å². The Morgan fingerprint density at radius 2 is 1.44 bits per heavy atom. The predicted octanol–water partition coefficient (Wildman–Crippen LogP) is 5.76. The zero-order valence-electron chi connectivity index (χ0n) is 17.7. The van der Waals surface area contributed by atoms with Crippen molar-refractivity contribution >= 4 is 22.0 Å². The number of nitrogens with zero attached hydrogens (tertiary/aromatic N) is 1. The zero-order chi connectivity index (χ0) is 21.7. The van der Waals surface area contributed by atoms with Crippen molar-refractivity contribution in [2.24, 2.45) is 17.8 Å². The molecule has 1 aliphatic heterocycles. The van der Waals surface area contributed by atoms with Gasteiger partial charge in [0.05, 0.1) is 9.64 Å². The molecule has 2 bridgehead atoms. The summed E-state index contributed by atoms with van der Waals surface area (Å²) in [6.07, 6.45) is 5.65. The van der Waals surface area contributed by atoms with Crippen LogP contribution in [-0.2, 0) is 14.8 Å². The molecule has 0 aromatic heterocycles. The van der Waals surface area contributed by atoms with Crippen LogP contribution in [0.15, 0.2) is 89.8 Å². The first-order valence-corrected chi connectivity index (χ1v) is 13.4. The molecule has 0 N–H and O–H groups in total. The molecule has 4 aliphatic rings. The van der Waals surface area contributed by atoms with Gasteiger partial charge in [0.1, 0.15) is 0 Å². The number of hydrogen-bond acceptors (Lipinski definition) is 3. The van der Waals surface area contributed by atoms with Crippen LogP contribution in [0.1, 0.15) is 23.1 Å². The van der Waals surface area contributed by atoms with Crippen molar-refractivity contribution in [2.75, 3.05) is 0 Å². The van der Waals surface area contributed by atoms with Gasteiger partial charge in [0.2, 0.25) is 0 Å². The van der Waals surface area contributed by atoms with Gasteiger partial charge in [-0.1, -0.05) is 78.4 Å². The molecule has 1 saturated heterocycles. The molecule has 4 unspecified atom stereocenters. The minimum atomic E-state index is -3.64. The molecule has 0 radical (unpaired) electrons. The molecule has 160 valence electrons. The molecule has 3 aliphatic carbocycles. The molecule has 1 spiro atoms. The van der Waals surface area contributed by atoms with Gasteiger partial charge in [-0.2, -0.15) is 0 Å². The molecule has 4 atom stereocenters. The zero-order valence-corrected chi connectivity index (χ0v) is 19.3. The molecule has 1 saturated carbocycles. The van der Waals surface area contributed by atoms with Crippen LogP contribution in [0.5, 0.6) is 0 Å². The first-order valence-electron chi connectivity index (χ1n) is 11.2. The van der Waals surface area contributed by atoms with Crippen molar-refractivity contribution < 1.29 is 8.42 Å². The van der Waals surface area contributed by atoms with Gasteiger partial charge < -0.3 is 0 Å². The number of hydrogen-bond donors (Lipinski definition) is 0. The first kappa shape index (κ1) is 19.2. The van der Waals surface area contributed by atoms with E-state index in [9.17, 15) is 8.42 Å². The lowest BCUT2D eigenvalue weighted by atomic mass is 9.74. The summed E-state index contributed by atoms with van der Waals surface area (Å²) in [6.45, 7) is 1.99. The molecule has 7 rings (SSSR count). The van der Waals surface area contributed by atoms with Gasteiger partial charge in [0.25, 0.3) is 10.0 Å². The van der Waals surface area contributed by atoms with Gasteiger partial charge in [0.15, 0.2) is 0 Å². The summed E-state index contributed by atoms with van der Waals surface area (Å²) in [6, 6.07) is 24.5. The van der Waals surface area contributed by atoms with Crippen molar-refractivity contribution in [1.29, 1.82) is 0 Å². The van der Waals surface area contributed by atoms with E-state index in [0.717, 1.165) is 12.0 Å². The Bertz CT molecular complexity index is 1350. The van der Waals surface area contributed by atoms with Crippen LogP contribution in [0.4, 0.5) is 0 Å². The molecule has 3 nitrogen and oxygen atoms in total. The lowest BCUT2D eigenvalue weighted by Crippen LogP contribution is -2.39. The Kier molecular flexibility index (Phi) is 3.82. The summed E-state index contributed by atoms with van der Waals surface area (Å²) in [5, 5.41) is 0. The van der Waals surface area contributed by atoms with Crippen LogP contribution in [0.2, 0.25) is 0 Å². The fourth-order valence-corrected chi connectivity index (χ4v) is 10.6. The lowest BCUT2D eigenvalue weighted by Gasteiger charge is -2.34. The van der Waals surface area contributed by atoms with E-state index in [4.69, 9.17) is 0 Å². The van der Waals surface area contributed by atoms with E-state index in [2.05, 4.69) is 60.7 Å². The van der Waals surface area contributed by atoms with Gasteiger partial charge in [-0.3, -0.25) is 0 Å². The summed E-state index contributed by atoms with van der Waals surface area (Å²) in [7, 11) is -3.64. The smallest absolute Gasteiger partial charge is 0.206 e. The summed E-state index contributed by atoms with van der Waals surface area (Å²) < 4.78 is 29.4. The molecule has 2 fully saturated rings. The Balaban J connectivity index is 1.47. The molecular weight excluding hydrogens is 434 g/mol. The van der Waals surface area contributed by atoms with E-state index in [1.54, 1.807) is 27.8 Å². The second-order valence-electron chi connectivity index (χ2n) is 9.46. The lowest BCUT2D eigenvalue weighted by molar-refractivity contribution is 0.302. The number of allylic oxidation sites excluding steroid dienone is 1. The summed E-state index contributed by atoms with van der Waals surface area (Å²) in [5.74, 6) is 0.902. The molecule has 3 aromatic carbocycles. The van der Waals surface area contributed by atoms with Crippen LogP contribution in [0.25, 0.3) is 11.1 Å². The normalized spacial score (nSPS) is 28.8. The summed E-state index contributed by atoms with van der Waals surface area (Å²) >= 11 is 1.56. The van der Waals surface area contributed by atoms with Crippen molar-refractivity contribution in [3.8, 4) is 11.1 Å². The van der Waals surface area contributed by atoms with Crippen LogP contribution >= 0.6 is 11.9 Å². The second-order valence-corrected chi connectivity index (χ2v) is 12.7. The van der Waals surface area contributed by atoms with Gasteiger partial charge in [-0.05, 0) is 71.5 Å². The fraction of sp³-hybridized carbons (Fsp3) is 0.259. The van der Waals surface area contributed by atoms with Gasteiger partial charge >= 0.3 is 0 Å². The maximum absolute atomic E-state index is 14.0. The van der Waals surface area contributed by atoms with Crippen LogP contribution in [-0.4, -0.2) is 18.2 Å². The highest BCUT2D eigenvalue weighted by atomic mass is 32.3. The highest BCUT2D eigenvalue weighted by Crippen LogP contribution is 2.72. The summed E-state index contributed by atoms with van der Waals surface area (Å²) in [5.41, 5.74) is 6.09. The molecule has 3 aromatic rings. The third kappa shape index (κ3) is 2.24. The van der Waals surface area contributed by atoms with Crippen molar-refractivity contribution in [1.82, 2.24) is 3.71 Å². The standard InChI is InChI=1S/C27H23NO2S2/c1-17-10-14-20(15-11-17)32(29,30)28-26-19-13-12-18(16-19)25(26)27(31-28)23-8-4-2-6-21(23)22-7-3-5-9-24(22)27/h2-15,18-19,25-26H,16H2,1H3. The first-order chi connectivity index (χ1) is 15.5. The number of fused-ring (bicyclic) bond motifs is 11. The fourth-order valence-electron chi connectivity index (χ4n) is 6.60. The Labute approximate surface area is 193 Å². The topological polar surface area (TPSA) is 37.4 Å². The predicted molar refractivity (Wildman–Crippen MR) is 128 cm³/mol. The second kappa shape index (κ2) is 6.37. The number of sulfonamides is 1. The molecular formula is C27H23NO2S2. The van der Waals surface area contributed by atoms with Crippen LogP contribution in [0, 0.1) is 24.7 Å². The number of benzene rings is 3. The molecule has 1 heterocycles. The Morgan fingerprint density at radius 1 is 0.844 bits per heavy atom. The van der Waals surface area contributed by atoms with E-state index >= 15 is 0 Å². The Morgan fingerprint density at radius 3 is 2.09 bits per heavy atom. The average molecular weight is 458 g/mol. The van der Waals surface area contributed by atoms with Crippen LogP contribution < -0.4 is 0 Å². The minimum absolute atomic E-state index is 0.0273. The maximum Gasteiger partial charge on any atom is 0.252 e. The quantitative estimate of drug-likeness (QED) is 0.363. The third-order valence-electron chi connectivity index (χ3n) is 7.86. The minimum Gasteiger partial charge on any atom is -0.206 e. The maximum atomic E-state index is 14.0.